The summed E-state index contributed by atoms with van der Waals surface area (Å²) in [6.07, 6.45) is 4.70. The van der Waals surface area contributed by atoms with Gasteiger partial charge in [0.15, 0.2) is 5.96 Å². The first kappa shape index (κ1) is 16.3. The molecule has 1 N–H and O–H groups in total. The van der Waals surface area contributed by atoms with E-state index in [1.165, 1.54) is 24.1 Å². The standard InChI is InChI=1S/C16H27N3OS/c1-17-16(18-9-5-15-4-3-13-21-15)19(2)10-6-14-7-11-20-12-8-14/h3-4,13-14H,5-12H2,1-2H3,(H,17,18). The van der Waals surface area contributed by atoms with Crippen LogP contribution in [-0.4, -0.2) is 51.3 Å². The molecule has 0 radical (unpaired) electrons. The van der Waals surface area contributed by atoms with E-state index in [9.17, 15) is 0 Å². The number of ether oxygens (including phenoxy) is 1. The summed E-state index contributed by atoms with van der Waals surface area (Å²) in [6, 6.07) is 4.29. The minimum absolute atomic E-state index is 0.811. The lowest BCUT2D eigenvalue weighted by Crippen LogP contribution is -2.40. The molecule has 1 aromatic heterocycles. The summed E-state index contributed by atoms with van der Waals surface area (Å²) in [4.78, 5) is 8.04. The Hall–Kier alpha value is -1.07. The Bertz CT molecular complexity index is 413. The van der Waals surface area contributed by atoms with Gasteiger partial charge in [-0.3, -0.25) is 4.99 Å². The monoisotopic (exact) mass is 309 g/mol. The molecule has 2 heterocycles. The topological polar surface area (TPSA) is 36.9 Å². The molecule has 0 atom stereocenters. The molecule has 0 spiro atoms. The van der Waals surface area contributed by atoms with Gasteiger partial charge >= 0.3 is 0 Å². The van der Waals surface area contributed by atoms with Crippen molar-refractivity contribution in [1.82, 2.24) is 10.2 Å². The second-order valence-electron chi connectivity index (χ2n) is 5.57. The van der Waals surface area contributed by atoms with Crippen molar-refractivity contribution in [2.45, 2.75) is 25.7 Å². The van der Waals surface area contributed by atoms with Gasteiger partial charge in [0, 0.05) is 45.3 Å². The van der Waals surface area contributed by atoms with Crippen LogP contribution in [0, 0.1) is 5.92 Å². The van der Waals surface area contributed by atoms with Gasteiger partial charge in [-0.2, -0.15) is 0 Å². The molecule has 1 aromatic rings. The molecule has 1 aliphatic heterocycles. The van der Waals surface area contributed by atoms with Gasteiger partial charge in [0.1, 0.15) is 0 Å². The molecule has 1 aliphatic rings. The summed E-state index contributed by atoms with van der Waals surface area (Å²) in [6.45, 7) is 3.86. The number of nitrogens with zero attached hydrogens (tertiary/aromatic N) is 2. The molecule has 0 aliphatic carbocycles. The van der Waals surface area contributed by atoms with E-state index < -0.39 is 0 Å². The summed E-state index contributed by atoms with van der Waals surface area (Å²) in [7, 11) is 3.98. The van der Waals surface area contributed by atoms with Gasteiger partial charge in [-0.1, -0.05) is 6.07 Å². The lowest BCUT2D eigenvalue weighted by atomic mass is 9.96. The van der Waals surface area contributed by atoms with Crippen LogP contribution in [0.25, 0.3) is 0 Å². The molecule has 4 nitrogen and oxygen atoms in total. The SMILES string of the molecule is CN=C(NCCc1cccs1)N(C)CCC1CCOCC1. The van der Waals surface area contributed by atoms with Crippen molar-refractivity contribution in [2.75, 3.05) is 40.4 Å². The Kier molecular flexibility index (Phi) is 7.03. The molecule has 0 bridgehead atoms. The number of hydrogen-bond acceptors (Lipinski definition) is 3. The Morgan fingerprint density at radius 2 is 2.29 bits per heavy atom. The zero-order chi connectivity index (χ0) is 14.9. The van der Waals surface area contributed by atoms with Gasteiger partial charge in [-0.15, -0.1) is 11.3 Å². The largest absolute Gasteiger partial charge is 0.381 e. The third kappa shape index (κ3) is 5.67. The maximum atomic E-state index is 5.41. The van der Waals surface area contributed by atoms with E-state index >= 15 is 0 Å². The Morgan fingerprint density at radius 3 is 2.95 bits per heavy atom. The van der Waals surface area contributed by atoms with Gasteiger partial charge in [0.05, 0.1) is 0 Å². The molecule has 118 valence electrons. The zero-order valence-electron chi connectivity index (χ0n) is 13.2. The van der Waals surface area contributed by atoms with Crippen molar-refractivity contribution in [1.29, 1.82) is 0 Å². The second-order valence-corrected chi connectivity index (χ2v) is 6.60. The van der Waals surface area contributed by atoms with Crippen molar-refractivity contribution < 1.29 is 4.74 Å². The van der Waals surface area contributed by atoms with Crippen LogP contribution in [0.2, 0.25) is 0 Å². The summed E-state index contributed by atoms with van der Waals surface area (Å²) in [5, 5.41) is 5.58. The molecule has 0 saturated carbocycles. The molecule has 5 heteroatoms. The molecular weight excluding hydrogens is 282 g/mol. The smallest absolute Gasteiger partial charge is 0.193 e. The normalized spacial score (nSPS) is 17.0. The fourth-order valence-electron chi connectivity index (χ4n) is 2.65. The number of rotatable bonds is 6. The maximum Gasteiger partial charge on any atom is 0.193 e. The summed E-state index contributed by atoms with van der Waals surface area (Å²) < 4.78 is 5.41. The van der Waals surface area contributed by atoms with Crippen LogP contribution in [0.5, 0.6) is 0 Å². The van der Waals surface area contributed by atoms with E-state index in [0.717, 1.165) is 44.6 Å². The van der Waals surface area contributed by atoms with Crippen LogP contribution in [0.15, 0.2) is 22.5 Å². The quantitative estimate of drug-likeness (QED) is 0.648. The Balaban J connectivity index is 1.67. The number of aliphatic imine (C=N–C) groups is 1. The fraction of sp³-hybridized carbons (Fsp3) is 0.688. The molecule has 2 rings (SSSR count). The van der Waals surface area contributed by atoms with Crippen LogP contribution in [0.4, 0.5) is 0 Å². The number of guanidine groups is 1. The lowest BCUT2D eigenvalue weighted by Gasteiger charge is -2.26. The molecule has 1 fully saturated rings. The minimum Gasteiger partial charge on any atom is -0.381 e. The highest BCUT2D eigenvalue weighted by Gasteiger charge is 2.15. The summed E-state index contributed by atoms with van der Waals surface area (Å²) in [5.74, 6) is 1.81. The van der Waals surface area contributed by atoms with Crippen molar-refractivity contribution in [3.8, 4) is 0 Å². The van der Waals surface area contributed by atoms with E-state index in [4.69, 9.17) is 4.74 Å². The predicted octanol–water partition coefficient (Wildman–Crippen LogP) is 2.61. The number of thiophene rings is 1. The van der Waals surface area contributed by atoms with E-state index in [1.54, 1.807) is 0 Å². The van der Waals surface area contributed by atoms with Crippen LogP contribution < -0.4 is 5.32 Å². The van der Waals surface area contributed by atoms with Crippen molar-refractivity contribution in [2.24, 2.45) is 10.9 Å². The van der Waals surface area contributed by atoms with Crippen LogP contribution in [0.3, 0.4) is 0 Å². The molecule has 1 saturated heterocycles. The van der Waals surface area contributed by atoms with Crippen molar-refractivity contribution in [3.05, 3.63) is 22.4 Å². The van der Waals surface area contributed by atoms with E-state index in [0.29, 0.717) is 0 Å². The fourth-order valence-corrected chi connectivity index (χ4v) is 3.36. The average molecular weight is 309 g/mol. The van der Waals surface area contributed by atoms with Crippen molar-refractivity contribution >= 4 is 17.3 Å². The average Bonchev–Trinajstić information content (AvgIpc) is 3.03. The molecular formula is C16H27N3OS. The van der Waals surface area contributed by atoms with Gasteiger partial charge in [-0.05, 0) is 43.0 Å². The number of nitrogens with one attached hydrogen (secondary N) is 1. The maximum absolute atomic E-state index is 5.41. The third-order valence-corrected chi connectivity index (χ3v) is 4.96. The second kappa shape index (κ2) is 9.05. The van der Waals surface area contributed by atoms with Crippen molar-refractivity contribution in [3.63, 3.8) is 0 Å². The first-order valence-corrected chi connectivity index (χ1v) is 8.69. The Morgan fingerprint density at radius 1 is 1.48 bits per heavy atom. The van der Waals surface area contributed by atoms with E-state index in [2.05, 4.69) is 39.8 Å². The molecule has 0 aromatic carbocycles. The highest BCUT2D eigenvalue weighted by atomic mass is 32.1. The summed E-state index contributed by atoms with van der Waals surface area (Å²) in [5.41, 5.74) is 0. The molecule has 0 unspecified atom stereocenters. The van der Waals surface area contributed by atoms with Gasteiger partial charge < -0.3 is 15.0 Å². The van der Waals surface area contributed by atoms with Crippen LogP contribution in [-0.2, 0) is 11.2 Å². The van der Waals surface area contributed by atoms with Gasteiger partial charge in [0.2, 0.25) is 0 Å². The van der Waals surface area contributed by atoms with Crippen LogP contribution in [0.1, 0.15) is 24.1 Å². The lowest BCUT2D eigenvalue weighted by molar-refractivity contribution is 0.0625. The first-order chi connectivity index (χ1) is 10.3. The van der Waals surface area contributed by atoms with Gasteiger partial charge in [-0.25, -0.2) is 0 Å². The Labute approximate surface area is 132 Å². The van der Waals surface area contributed by atoms with E-state index in [-0.39, 0.29) is 0 Å². The number of hydrogen-bond donors (Lipinski definition) is 1. The highest BCUT2D eigenvalue weighted by molar-refractivity contribution is 7.09. The molecule has 21 heavy (non-hydrogen) atoms. The highest BCUT2D eigenvalue weighted by Crippen LogP contribution is 2.18. The zero-order valence-corrected chi connectivity index (χ0v) is 14.0. The van der Waals surface area contributed by atoms with Crippen LogP contribution >= 0.6 is 11.3 Å². The molecule has 0 amide bonds. The minimum atomic E-state index is 0.811. The van der Waals surface area contributed by atoms with Gasteiger partial charge in [0.25, 0.3) is 0 Å². The first-order valence-electron chi connectivity index (χ1n) is 7.81. The predicted molar refractivity (Wildman–Crippen MR) is 90.2 cm³/mol. The third-order valence-electron chi connectivity index (χ3n) is 4.02. The van der Waals surface area contributed by atoms with E-state index in [1.807, 2.05) is 18.4 Å². The summed E-state index contributed by atoms with van der Waals surface area (Å²) >= 11 is 1.81.